The van der Waals surface area contributed by atoms with Gasteiger partial charge in [-0.2, -0.15) is 13.2 Å². The first kappa shape index (κ1) is 20.3. The van der Waals surface area contributed by atoms with Gasteiger partial charge in [-0.05, 0) is 54.5 Å². The van der Waals surface area contributed by atoms with Crippen LogP contribution in [0.2, 0.25) is 0 Å². The molecule has 0 amide bonds. The predicted octanol–water partition coefficient (Wildman–Crippen LogP) is 3.93. The molecule has 6 nitrogen and oxygen atoms in total. The lowest BCUT2D eigenvalue weighted by molar-refractivity contribution is -0.138. The first-order valence-electron chi connectivity index (χ1n) is 9.86. The number of hydrogen-bond donors (Lipinski definition) is 2. The standard InChI is InChI=1S/C21H23F3N6/c1-13-16(4-3-5-18(13)21(22,23)24)14(2)26-20-17-12-15(30-10-8-25-9-11-30)6-7-19(17)27-29-28-20/h3-7,12,14,25H,8-11H2,1-2H3,(H,26,27,28)/t14-/m1/s1. The monoisotopic (exact) mass is 416 g/mol. The van der Waals surface area contributed by atoms with Crippen molar-refractivity contribution in [2.75, 3.05) is 36.4 Å². The third kappa shape index (κ3) is 4.02. The molecule has 1 aliphatic heterocycles. The SMILES string of the molecule is Cc1c([C@@H](C)Nc2nnnc3ccc(N4CCNCC4)cc23)cccc1C(F)(F)F. The summed E-state index contributed by atoms with van der Waals surface area (Å²) in [4.78, 5) is 2.28. The van der Waals surface area contributed by atoms with Crippen molar-refractivity contribution in [3.8, 4) is 0 Å². The van der Waals surface area contributed by atoms with E-state index in [9.17, 15) is 13.2 Å². The van der Waals surface area contributed by atoms with Gasteiger partial charge in [-0.25, -0.2) is 0 Å². The van der Waals surface area contributed by atoms with Gasteiger partial charge >= 0.3 is 6.18 Å². The smallest absolute Gasteiger partial charge is 0.369 e. The number of fused-ring (bicyclic) bond motifs is 1. The number of anilines is 2. The second kappa shape index (κ2) is 8.06. The van der Waals surface area contributed by atoms with Gasteiger partial charge in [0.1, 0.15) is 0 Å². The number of aromatic nitrogens is 3. The summed E-state index contributed by atoms with van der Waals surface area (Å²) in [5, 5.41) is 19.4. The zero-order valence-electron chi connectivity index (χ0n) is 16.8. The molecule has 9 heteroatoms. The van der Waals surface area contributed by atoms with Crippen LogP contribution in [-0.2, 0) is 6.18 Å². The molecule has 1 saturated heterocycles. The molecule has 0 saturated carbocycles. The first-order chi connectivity index (χ1) is 14.3. The maximum Gasteiger partial charge on any atom is 0.416 e. The highest BCUT2D eigenvalue weighted by molar-refractivity contribution is 5.91. The maximum atomic E-state index is 13.3. The van der Waals surface area contributed by atoms with E-state index in [1.54, 1.807) is 6.07 Å². The number of nitrogens with zero attached hydrogens (tertiary/aromatic N) is 4. The number of rotatable bonds is 4. The lowest BCUT2D eigenvalue weighted by Crippen LogP contribution is -2.43. The molecule has 1 aliphatic rings. The molecule has 2 aromatic carbocycles. The Balaban J connectivity index is 1.67. The highest BCUT2D eigenvalue weighted by Gasteiger charge is 2.33. The number of nitrogens with one attached hydrogen (secondary N) is 2. The van der Waals surface area contributed by atoms with Gasteiger partial charge in [0, 0.05) is 37.3 Å². The minimum absolute atomic E-state index is 0.206. The second-order valence-corrected chi connectivity index (χ2v) is 7.46. The lowest BCUT2D eigenvalue weighted by atomic mass is 9.97. The van der Waals surface area contributed by atoms with Gasteiger partial charge in [0.25, 0.3) is 0 Å². The van der Waals surface area contributed by atoms with Gasteiger partial charge in [-0.15, -0.1) is 10.2 Å². The molecule has 30 heavy (non-hydrogen) atoms. The van der Waals surface area contributed by atoms with Crippen molar-refractivity contribution in [3.63, 3.8) is 0 Å². The fraction of sp³-hybridized carbons (Fsp3) is 0.381. The molecular weight excluding hydrogens is 393 g/mol. The summed E-state index contributed by atoms with van der Waals surface area (Å²) in [5.41, 5.74) is 1.89. The van der Waals surface area contributed by atoms with E-state index in [1.807, 2.05) is 25.1 Å². The summed E-state index contributed by atoms with van der Waals surface area (Å²) in [6, 6.07) is 9.76. The van der Waals surface area contributed by atoms with Crippen molar-refractivity contribution < 1.29 is 13.2 Å². The molecular formula is C21H23F3N6. The molecule has 2 N–H and O–H groups in total. The third-order valence-electron chi connectivity index (χ3n) is 5.52. The van der Waals surface area contributed by atoms with E-state index in [4.69, 9.17) is 0 Å². The first-order valence-corrected chi connectivity index (χ1v) is 9.86. The van der Waals surface area contributed by atoms with Gasteiger partial charge in [-0.1, -0.05) is 12.1 Å². The Kier molecular flexibility index (Phi) is 5.46. The molecule has 1 aromatic heterocycles. The van der Waals surface area contributed by atoms with Crippen molar-refractivity contribution in [1.29, 1.82) is 0 Å². The van der Waals surface area contributed by atoms with Crippen LogP contribution in [0.5, 0.6) is 0 Å². The van der Waals surface area contributed by atoms with E-state index in [0.29, 0.717) is 16.9 Å². The molecule has 2 heterocycles. The highest BCUT2D eigenvalue weighted by atomic mass is 19.4. The van der Waals surface area contributed by atoms with Crippen molar-refractivity contribution in [3.05, 3.63) is 53.1 Å². The largest absolute Gasteiger partial charge is 0.416 e. The Hall–Kier alpha value is -2.94. The van der Waals surface area contributed by atoms with Crippen molar-refractivity contribution >= 4 is 22.4 Å². The third-order valence-corrected chi connectivity index (χ3v) is 5.52. The number of halogens is 3. The topological polar surface area (TPSA) is 66.0 Å². The predicted molar refractivity (Wildman–Crippen MR) is 111 cm³/mol. The fourth-order valence-electron chi connectivity index (χ4n) is 3.91. The maximum absolute atomic E-state index is 13.3. The number of benzene rings is 2. The quantitative estimate of drug-likeness (QED) is 0.672. The molecule has 158 valence electrons. The van der Waals surface area contributed by atoms with Crippen LogP contribution < -0.4 is 15.5 Å². The van der Waals surface area contributed by atoms with E-state index in [0.717, 1.165) is 43.3 Å². The molecule has 0 unspecified atom stereocenters. The Morgan fingerprint density at radius 1 is 1.10 bits per heavy atom. The van der Waals surface area contributed by atoms with Crippen LogP contribution in [0.15, 0.2) is 36.4 Å². The number of hydrogen-bond acceptors (Lipinski definition) is 6. The molecule has 1 atom stereocenters. The van der Waals surface area contributed by atoms with Gasteiger partial charge in [0.05, 0.1) is 17.1 Å². The van der Waals surface area contributed by atoms with E-state index in [2.05, 4.69) is 30.9 Å². The van der Waals surface area contributed by atoms with Gasteiger partial charge in [0.2, 0.25) is 0 Å². The molecule has 0 spiro atoms. The van der Waals surface area contributed by atoms with Crippen molar-refractivity contribution in [1.82, 2.24) is 20.7 Å². The number of alkyl halides is 3. The lowest BCUT2D eigenvalue weighted by Gasteiger charge is -2.29. The van der Waals surface area contributed by atoms with Crippen LogP contribution in [0.1, 0.15) is 29.7 Å². The summed E-state index contributed by atoms with van der Waals surface area (Å²) in [5.74, 6) is 0.501. The van der Waals surface area contributed by atoms with E-state index in [-0.39, 0.29) is 5.56 Å². The van der Waals surface area contributed by atoms with E-state index < -0.39 is 17.8 Å². The zero-order valence-corrected chi connectivity index (χ0v) is 16.8. The van der Waals surface area contributed by atoms with E-state index in [1.165, 1.54) is 13.0 Å². The summed E-state index contributed by atoms with van der Waals surface area (Å²) in [6.45, 7) is 6.95. The molecule has 0 aliphatic carbocycles. The second-order valence-electron chi connectivity index (χ2n) is 7.46. The fourth-order valence-corrected chi connectivity index (χ4v) is 3.91. The minimum Gasteiger partial charge on any atom is -0.369 e. The van der Waals surface area contributed by atoms with Crippen LogP contribution in [0.3, 0.4) is 0 Å². The van der Waals surface area contributed by atoms with E-state index >= 15 is 0 Å². The highest BCUT2D eigenvalue weighted by Crippen LogP contribution is 2.35. The van der Waals surface area contributed by atoms with Crippen LogP contribution >= 0.6 is 0 Å². The average molecular weight is 416 g/mol. The molecule has 0 bridgehead atoms. The van der Waals surface area contributed by atoms with Gasteiger partial charge in [0.15, 0.2) is 5.82 Å². The van der Waals surface area contributed by atoms with Crippen LogP contribution in [-0.4, -0.2) is 41.6 Å². The minimum atomic E-state index is -4.39. The normalized spacial score (nSPS) is 16.0. The van der Waals surface area contributed by atoms with Crippen LogP contribution in [0.25, 0.3) is 10.9 Å². The van der Waals surface area contributed by atoms with Crippen LogP contribution in [0, 0.1) is 6.92 Å². The van der Waals surface area contributed by atoms with Gasteiger partial charge in [-0.3, -0.25) is 0 Å². The summed E-state index contributed by atoms with van der Waals surface area (Å²) >= 11 is 0. The van der Waals surface area contributed by atoms with Gasteiger partial charge < -0.3 is 15.5 Å². The molecule has 4 rings (SSSR count). The summed E-state index contributed by atoms with van der Waals surface area (Å²) in [7, 11) is 0. The van der Waals surface area contributed by atoms with Crippen LogP contribution in [0.4, 0.5) is 24.7 Å². The Morgan fingerprint density at radius 2 is 1.87 bits per heavy atom. The molecule has 0 radical (unpaired) electrons. The Bertz CT molecular complexity index is 1050. The summed E-state index contributed by atoms with van der Waals surface area (Å²) < 4.78 is 39.9. The number of piperazine rings is 1. The molecule has 3 aromatic rings. The molecule has 1 fully saturated rings. The van der Waals surface area contributed by atoms with Crippen molar-refractivity contribution in [2.24, 2.45) is 0 Å². The zero-order chi connectivity index (χ0) is 21.3. The Morgan fingerprint density at radius 3 is 2.60 bits per heavy atom. The van der Waals surface area contributed by atoms with Crippen molar-refractivity contribution in [2.45, 2.75) is 26.1 Å². The Labute approximate surface area is 172 Å². The summed E-state index contributed by atoms with van der Waals surface area (Å²) in [6.07, 6.45) is -4.39. The average Bonchev–Trinajstić information content (AvgIpc) is 2.73.